The molecule has 4 heteroatoms. The number of carboxylic acid groups (broad SMARTS) is 1. The van der Waals surface area contributed by atoms with Gasteiger partial charge in [-0.2, -0.15) is 0 Å². The van der Waals surface area contributed by atoms with E-state index in [1.54, 1.807) is 6.07 Å². The summed E-state index contributed by atoms with van der Waals surface area (Å²) in [5.41, 5.74) is 0.936. The van der Waals surface area contributed by atoms with Crippen molar-refractivity contribution >= 4 is 11.7 Å². The van der Waals surface area contributed by atoms with Crippen LogP contribution in [0, 0.1) is 5.92 Å². The van der Waals surface area contributed by atoms with E-state index in [9.17, 15) is 4.79 Å². The van der Waals surface area contributed by atoms with E-state index in [-0.39, 0.29) is 5.69 Å². The fourth-order valence-corrected chi connectivity index (χ4v) is 2.48. The van der Waals surface area contributed by atoms with E-state index >= 15 is 0 Å². The lowest BCUT2D eigenvalue weighted by atomic mass is 9.99. The predicted octanol–water partition coefficient (Wildman–Crippen LogP) is 2.77. The van der Waals surface area contributed by atoms with Crippen LogP contribution in [0.1, 0.15) is 43.1 Å². The van der Waals surface area contributed by atoms with Crippen LogP contribution in [0.3, 0.4) is 0 Å². The molecule has 1 aliphatic rings. The molecule has 1 atom stereocenters. The third kappa shape index (κ3) is 2.96. The highest BCUT2D eigenvalue weighted by Gasteiger charge is 2.21. The molecule has 2 rings (SSSR count). The molecule has 1 heterocycles. The molecule has 1 unspecified atom stereocenters. The van der Waals surface area contributed by atoms with Crippen molar-refractivity contribution < 1.29 is 9.90 Å². The predicted molar refractivity (Wildman–Crippen MR) is 66.2 cm³/mol. The zero-order valence-electron chi connectivity index (χ0n) is 10.0. The first-order chi connectivity index (χ1) is 8.16. The van der Waals surface area contributed by atoms with E-state index in [1.807, 2.05) is 6.07 Å². The molecule has 0 aliphatic heterocycles. The van der Waals surface area contributed by atoms with Crippen LogP contribution in [0.4, 0.5) is 5.69 Å². The minimum absolute atomic E-state index is 0.0913. The molecule has 0 saturated heterocycles. The maximum absolute atomic E-state index is 10.8. The Morgan fingerprint density at radius 2 is 2.24 bits per heavy atom. The van der Waals surface area contributed by atoms with Gasteiger partial charge in [0.1, 0.15) is 5.69 Å². The van der Waals surface area contributed by atoms with Crippen molar-refractivity contribution in [3.8, 4) is 0 Å². The Balaban J connectivity index is 2.02. The van der Waals surface area contributed by atoms with Gasteiger partial charge < -0.3 is 10.4 Å². The minimum Gasteiger partial charge on any atom is -0.477 e. The molecule has 17 heavy (non-hydrogen) atoms. The fraction of sp³-hybridized carbons (Fsp3) is 0.538. The fourth-order valence-electron chi connectivity index (χ4n) is 2.48. The Kier molecular flexibility index (Phi) is 3.61. The van der Waals surface area contributed by atoms with Gasteiger partial charge in [0, 0.05) is 17.9 Å². The van der Waals surface area contributed by atoms with Crippen molar-refractivity contribution in [3.05, 3.63) is 24.0 Å². The van der Waals surface area contributed by atoms with Gasteiger partial charge >= 0.3 is 5.97 Å². The third-order valence-electron chi connectivity index (χ3n) is 3.48. The lowest BCUT2D eigenvalue weighted by Crippen LogP contribution is -2.23. The molecule has 1 saturated carbocycles. The minimum atomic E-state index is -0.984. The molecule has 0 amide bonds. The van der Waals surface area contributed by atoms with Crippen LogP contribution in [0.25, 0.3) is 0 Å². The van der Waals surface area contributed by atoms with Crippen LogP contribution >= 0.6 is 0 Å². The van der Waals surface area contributed by atoms with Crippen LogP contribution < -0.4 is 5.32 Å². The number of pyridine rings is 1. The number of carbonyl (C=O) groups is 1. The number of rotatable bonds is 4. The van der Waals surface area contributed by atoms with Crippen LogP contribution in [-0.4, -0.2) is 22.1 Å². The van der Waals surface area contributed by atoms with E-state index in [1.165, 1.54) is 31.9 Å². The number of aromatic nitrogens is 1. The molecule has 4 nitrogen and oxygen atoms in total. The highest BCUT2D eigenvalue weighted by atomic mass is 16.4. The summed E-state index contributed by atoms with van der Waals surface area (Å²) in [6.07, 6.45) is 6.70. The van der Waals surface area contributed by atoms with Gasteiger partial charge in [0.25, 0.3) is 0 Å². The summed E-state index contributed by atoms with van der Waals surface area (Å²) >= 11 is 0. The van der Waals surface area contributed by atoms with Crippen molar-refractivity contribution in [3.63, 3.8) is 0 Å². The first kappa shape index (κ1) is 11.9. The summed E-state index contributed by atoms with van der Waals surface area (Å²) in [6, 6.07) is 3.80. The Bertz CT molecular complexity index is 400. The third-order valence-corrected chi connectivity index (χ3v) is 3.48. The first-order valence-corrected chi connectivity index (χ1v) is 6.12. The van der Waals surface area contributed by atoms with Gasteiger partial charge in [-0.1, -0.05) is 12.8 Å². The highest BCUT2D eigenvalue weighted by Crippen LogP contribution is 2.29. The van der Waals surface area contributed by atoms with Crippen LogP contribution in [-0.2, 0) is 0 Å². The van der Waals surface area contributed by atoms with Crippen molar-refractivity contribution in [1.29, 1.82) is 0 Å². The standard InChI is InChI=1S/C13H18N2O2/c1-9(10-4-2-3-5-10)15-11-6-7-14-12(8-11)13(16)17/h6-10H,2-5H2,1H3,(H,14,15)(H,16,17). The molecule has 0 radical (unpaired) electrons. The Hall–Kier alpha value is -1.58. The van der Waals surface area contributed by atoms with E-state index < -0.39 is 5.97 Å². The summed E-state index contributed by atoms with van der Waals surface area (Å²) in [6.45, 7) is 2.16. The second-order valence-electron chi connectivity index (χ2n) is 4.71. The van der Waals surface area contributed by atoms with Gasteiger partial charge in [-0.25, -0.2) is 9.78 Å². The molecular formula is C13H18N2O2. The van der Waals surface area contributed by atoms with Crippen molar-refractivity contribution in [1.82, 2.24) is 4.98 Å². The molecule has 0 bridgehead atoms. The topological polar surface area (TPSA) is 62.2 Å². The molecule has 2 N–H and O–H groups in total. The van der Waals surface area contributed by atoms with E-state index in [0.29, 0.717) is 12.0 Å². The molecule has 1 aromatic rings. The largest absolute Gasteiger partial charge is 0.477 e. The van der Waals surface area contributed by atoms with Crippen molar-refractivity contribution in [2.45, 2.75) is 38.6 Å². The van der Waals surface area contributed by atoms with Gasteiger partial charge in [-0.05, 0) is 37.8 Å². The summed E-state index contributed by atoms with van der Waals surface area (Å²) < 4.78 is 0. The first-order valence-electron chi connectivity index (χ1n) is 6.12. The second-order valence-corrected chi connectivity index (χ2v) is 4.71. The number of anilines is 1. The monoisotopic (exact) mass is 234 g/mol. The SMILES string of the molecule is CC(Nc1ccnc(C(=O)O)c1)C1CCCC1. The summed E-state index contributed by atoms with van der Waals surface area (Å²) in [4.78, 5) is 14.6. The number of hydrogen-bond acceptors (Lipinski definition) is 3. The maximum Gasteiger partial charge on any atom is 0.354 e. The van der Waals surface area contributed by atoms with Crippen molar-refractivity contribution in [2.75, 3.05) is 5.32 Å². The van der Waals surface area contributed by atoms with Crippen LogP contribution in [0.5, 0.6) is 0 Å². The number of nitrogens with one attached hydrogen (secondary N) is 1. The quantitative estimate of drug-likeness (QED) is 0.840. The Morgan fingerprint density at radius 3 is 2.88 bits per heavy atom. The summed E-state index contributed by atoms with van der Waals surface area (Å²) in [5, 5.41) is 12.2. The van der Waals surface area contributed by atoms with Gasteiger partial charge in [0.05, 0.1) is 0 Å². The maximum atomic E-state index is 10.8. The highest BCUT2D eigenvalue weighted by molar-refractivity contribution is 5.86. The lowest BCUT2D eigenvalue weighted by Gasteiger charge is -2.21. The normalized spacial score (nSPS) is 17.9. The van der Waals surface area contributed by atoms with E-state index in [0.717, 1.165) is 5.69 Å². The molecule has 0 spiro atoms. The zero-order valence-corrected chi connectivity index (χ0v) is 10.0. The van der Waals surface area contributed by atoms with Crippen molar-refractivity contribution in [2.24, 2.45) is 5.92 Å². The summed E-state index contributed by atoms with van der Waals surface area (Å²) in [5.74, 6) is -0.279. The van der Waals surface area contributed by atoms with Gasteiger partial charge in [-0.15, -0.1) is 0 Å². The molecule has 1 aromatic heterocycles. The lowest BCUT2D eigenvalue weighted by molar-refractivity contribution is 0.0690. The molecule has 1 fully saturated rings. The Morgan fingerprint density at radius 1 is 1.53 bits per heavy atom. The number of hydrogen-bond donors (Lipinski definition) is 2. The van der Waals surface area contributed by atoms with Crippen LogP contribution in [0.15, 0.2) is 18.3 Å². The average molecular weight is 234 g/mol. The van der Waals surface area contributed by atoms with E-state index in [2.05, 4.69) is 17.2 Å². The smallest absolute Gasteiger partial charge is 0.354 e. The average Bonchev–Trinajstić information content (AvgIpc) is 2.82. The number of aromatic carboxylic acids is 1. The zero-order chi connectivity index (χ0) is 12.3. The Labute approximate surface area is 101 Å². The molecule has 92 valence electrons. The number of carboxylic acids is 1. The van der Waals surface area contributed by atoms with Gasteiger partial charge in [0.2, 0.25) is 0 Å². The molecule has 1 aliphatic carbocycles. The molecule has 0 aromatic carbocycles. The van der Waals surface area contributed by atoms with Gasteiger partial charge in [-0.3, -0.25) is 0 Å². The van der Waals surface area contributed by atoms with Gasteiger partial charge in [0.15, 0.2) is 0 Å². The number of nitrogens with zero attached hydrogens (tertiary/aromatic N) is 1. The second kappa shape index (κ2) is 5.17. The van der Waals surface area contributed by atoms with E-state index in [4.69, 9.17) is 5.11 Å². The summed E-state index contributed by atoms with van der Waals surface area (Å²) in [7, 11) is 0. The molecular weight excluding hydrogens is 216 g/mol. The van der Waals surface area contributed by atoms with Crippen LogP contribution in [0.2, 0.25) is 0 Å².